The van der Waals surface area contributed by atoms with E-state index in [1.807, 2.05) is 25.1 Å². The quantitative estimate of drug-likeness (QED) is 0.513. The number of aromatic nitrogens is 1. The first kappa shape index (κ1) is 18.2. The molecule has 0 unspecified atom stereocenters. The minimum Gasteiger partial charge on any atom is -0.497 e. The van der Waals surface area contributed by atoms with Crippen molar-refractivity contribution in [3.63, 3.8) is 0 Å². The summed E-state index contributed by atoms with van der Waals surface area (Å²) >= 11 is 5.95. The summed E-state index contributed by atoms with van der Waals surface area (Å²) in [6.45, 7) is 2.00. The van der Waals surface area contributed by atoms with Crippen LogP contribution in [0.25, 0.3) is 10.9 Å². The Morgan fingerprint density at radius 3 is 2.56 bits per heavy atom. The highest BCUT2D eigenvalue weighted by Crippen LogP contribution is 2.34. The molecule has 0 saturated carbocycles. The van der Waals surface area contributed by atoms with Crippen LogP contribution < -0.4 is 4.74 Å². The Morgan fingerprint density at radius 2 is 1.92 bits per heavy atom. The largest absolute Gasteiger partial charge is 0.497 e. The number of carbonyl (C=O) groups is 1. The molecule has 6 heteroatoms. The van der Waals surface area contributed by atoms with E-state index in [-0.39, 0.29) is 5.91 Å². The van der Waals surface area contributed by atoms with Gasteiger partial charge >= 0.3 is 0 Å². The zero-order chi connectivity index (χ0) is 18.0. The van der Waals surface area contributed by atoms with Gasteiger partial charge in [0.15, 0.2) is 0 Å². The number of rotatable bonds is 5. The first-order valence-electron chi connectivity index (χ1n) is 7.70. The molecule has 0 spiro atoms. The first-order chi connectivity index (χ1) is 12.1. The van der Waals surface area contributed by atoms with Gasteiger partial charge in [0.25, 0.3) is 5.91 Å². The van der Waals surface area contributed by atoms with E-state index in [0.717, 1.165) is 33.7 Å². The van der Waals surface area contributed by atoms with E-state index in [2.05, 4.69) is 6.26 Å². The lowest BCUT2D eigenvalue weighted by atomic mass is 10.1. The standard InChI is InChI=1S/C19H18ClNO2S2/c1-12-17(11-25-24-3)16-10-15(23-2)8-9-18(16)21(12)19(22)13-4-6-14(20)7-5-13/h4-10H,11H2,1-3H3. The van der Waals surface area contributed by atoms with Gasteiger partial charge in [0.2, 0.25) is 0 Å². The third kappa shape index (κ3) is 3.54. The van der Waals surface area contributed by atoms with Crippen LogP contribution in [0.1, 0.15) is 21.6 Å². The second-order valence-electron chi connectivity index (χ2n) is 5.52. The fourth-order valence-electron chi connectivity index (χ4n) is 2.87. The molecule has 0 aliphatic heterocycles. The Hall–Kier alpha value is -1.56. The van der Waals surface area contributed by atoms with E-state index in [1.165, 1.54) is 0 Å². The number of methoxy groups -OCH3 is 1. The minimum absolute atomic E-state index is 0.0512. The number of nitrogens with zero attached hydrogens (tertiary/aromatic N) is 1. The fourth-order valence-corrected chi connectivity index (χ4v) is 4.31. The highest BCUT2D eigenvalue weighted by Gasteiger charge is 2.20. The van der Waals surface area contributed by atoms with Crippen LogP contribution in [0.2, 0.25) is 5.02 Å². The molecule has 0 radical (unpaired) electrons. The Morgan fingerprint density at radius 1 is 1.20 bits per heavy atom. The lowest BCUT2D eigenvalue weighted by Crippen LogP contribution is -2.13. The van der Waals surface area contributed by atoms with Crippen LogP contribution in [0.3, 0.4) is 0 Å². The monoisotopic (exact) mass is 391 g/mol. The van der Waals surface area contributed by atoms with E-state index in [1.54, 1.807) is 57.5 Å². The van der Waals surface area contributed by atoms with Gasteiger partial charge in [-0.3, -0.25) is 9.36 Å². The van der Waals surface area contributed by atoms with Gasteiger partial charge in [-0.2, -0.15) is 0 Å². The van der Waals surface area contributed by atoms with Gasteiger partial charge in [-0.1, -0.05) is 33.2 Å². The molecule has 2 aromatic carbocycles. The van der Waals surface area contributed by atoms with E-state index in [9.17, 15) is 4.79 Å². The van der Waals surface area contributed by atoms with Crippen LogP contribution in [0.15, 0.2) is 42.5 Å². The molecule has 0 bridgehead atoms. The van der Waals surface area contributed by atoms with Crippen molar-refractivity contribution in [2.75, 3.05) is 13.4 Å². The number of hydrogen-bond acceptors (Lipinski definition) is 4. The highest BCUT2D eigenvalue weighted by atomic mass is 35.5. The van der Waals surface area contributed by atoms with Gasteiger partial charge < -0.3 is 4.74 Å². The van der Waals surface area contributed by atoms with E-state index in [0.29, 0.717) is 10.6 Å². The summed E-state index contributed by atoms with van der Waals surface area (Å²) in [5.41, 5.74) is 3.64. The summed E-state index contributed by atoms with van der Waals surface area (Å²) in [6, 6.07) is 12.8. The topological polar surface area (TPSA) is 31.2 Å². The van der Waals surface area contributed by atoms with Crippen molar-refractivity contribution in [3.05, 3.63) is 64.3 Å². The highest BCUT2D eigenvalue weighted by molar-refractivity contribution is 8.76. The zero-order valence-corrected chi connectivity index (χ0v) is 16.6. The zero-order valence-electron chi connectivity index (χ0n) is 14.2. The Labute approximate surface area is 160 Å². The number of hydrogen-bond donors (Lipinski definition) is 0. The average molecular weight is 392 g/mol. The van der Waals surface area contributed by atoms with Crippen molar-refractivity contribution >= 4 is 50.0 Å². The van der Waals surface area contributed by atoms with Crippen molar-refractivity contribution < 1.29 is 9.53 Å². The Balaban J connectivity index is 2.18. The van der Waals surface area contributed by atoms with E-state index >= 15 is 0 Å². The number of ether oxygens (including phenoxy) is 1. The molecule has 1 aromatic heterocycles. The van der Waals surface area contributed by atoms with Gasteiger partial charge in [-0.15, -0.1) is 0 Å². The van der Waals surface area contributed by atoms with Crippen LogP contribution in [-0.4, -0.2) is 23.8 Å². The lowest BCUT2D eigenvalue weighted by molar-refractivity contribution is 0.0963. The van der Waals surface area contributed by atoms with Gasteiger partial charge in [0, 0.05) is 27.4 Å². The van der Waals surface area contributed by atoms with E-state index in [4.69, 9.17) is 16.3 Å². The molecule has 0 aliphatic carbocycles. The van der Waals surface area contributed by atoms with Crippen molar-refractivity contribution in [3.8, 4) is 5.75 Å². The van der Waals surface area contributed by atoms with Gasteiger partial charge in [-0.25, -0.2) is 0 Å². The molecule has 25 heavy (non-hydrogen) atoms. The maximum Gasteiger partial charge on any atom is 0.262 e. The molecule has 3 nitrogen and oxygen atoms in total. The molecular weight excluding hydrogens is 374 g/mol. The van der Waals surface area contributed by atoms with Crippen molar-refractivity contribution in [1.82, 2.24) is 4.57 Å². The molecule has 1 heterocycles. The summed E-state index contributed by atoms with van der Waals surface area (Å²) in [4.78, 5) is 13.1. The number of halogens is 1. The Kier molecular flexibility index (Phi) is 5.67. The van der Waals surface area contributed by atoms with Crippen LogP contribution in [-0.2, 0) is 5.75 Å². The molecule has 130 valence electrons. The molecule has 0 amide bonds. The molecule has 3 aromatic rings. The molecule has 0 aliphatic rings. The third-order valence-corrected chi connectivity index (χ3v) is 6.11. The normalized spacial score (nSPS) is 11.0. The average Bonchev–Trinajstić information content (AvgIpc) is 2.90. The van der Waals surface area contributed by atoms with Crippen LogP contribution in [0.4, 0.5) is 0 Å². The van der Waals surface area contributed by atoms with Crippen molar-refractivity contribution in [2.45, 2.75) is 12.7 Å². The SMILES string of the molecule is COc1ccc2c(c1)c(CSSC)c(C)n2C(=O)c1ccc(Cl)cc1. The predicted molar refractivity (Wildman–Crippen MR) is 109 cm³/mol. The predicted octanol–water partition coefficient (Wildman–Crippen LogP) is 5.81. The molecule has 0 N–H and O–H groups in total. The van der Waals surface area contributed by atoms with Crippen molar-refractivity contribution in [2.24, 2.45) is 0 Å². The maximum absolute atomic E-state index is 13.1. The molecule has 3 rings (SSSR count). The van der Waals surface area contributed by atoms with Crippen LogP contribution in [0.5, 0.6) is 5.75 Å². The number of benzene rings is 2. The Bertz CT molecular complexity index is 919. The van der Waals surface area contributed by atoms with Crippen LogP contribution in [0, 0.1) is 6.92 Å². The summed E-state index contributed by atoms with van der Waals surface area (Å²) in [6.07, 6.45) is 2.05. The second-order valence-corrected chi connectivity index (χ2v) is 8.52. The van der Waals surface area contributed by atoms with Gasteiger partial charge in [-0.05, 0) is 61.2 Å². The molecule has 0 fully saturated rings. The molecule has 0 atom stereocenters. The molecule has 0 saturated heterocycles. The summed E-state index contributed by atoms with van der Waals surface area (Å²) < 4.78 is 7.15. The third-order valence-electron chi connectivity index (χ3n) is 4.16. The number of carbonyl (C=O) groups excluding carboxylic acids is 1. The van der Waals surface area contributed by atoms with Crippen LogP contribution >= 0.6 is 33.2 Å². The summed E-state index contributed by atoms with van der Waals surface area (Å²) in [5, 5.41) is 1.67. The number of fused-ring (bicyclic) bond motifs is 1. The maximum atomic E-state index is 13.1. The molecular formula is C19H18ClNO2S2. The first-order valence-corrected chi connectivity index (χ1v) is 10.8. The minimum atomic E-state index is -0.0512. The van der Waals surface area contributed by atoms with Crippen molar-refractivity contribution in [1.29, 1.82) is 0 Å². The summed E-state index contributed by atoms with van der Waals surface area (Å²) in [5.74, 6) is 1.57. The smallest absolute Gasteiger partial charge is 0.262 e. The van der Waals surface area contributed by atoms with Gasteiger partial charge in [0.05, 0.1) is 12.6 Å². The summed E-state index contributed by atoms with van der Waals surface area (Å²) in [7, 11) is 5.13. The lowest BCUT2D eigenvalue weighted by Gasteiger charge is -2.08. The second kappa shape index (κ2) is 7.77. The van der Waals surface area contributed by atoms with E-state index < -0.39 is 0 Å². The van der Waals surface area contributed by atoms with Gasteiger partial charge in [0.1, 0.15) is 5.75 Å². The fraction of sp³-hybridized carbons (Fsp3) is 0.211.